The van der Waals surface area contributed by atoms with Crippen molar-refractivity contribution in [2.75, 3.05) is 6.61 Å². The van der Waals surface area contributed by atoms with Crippen molar-refractivity contribution >= 4 is 5.97 Å². The van der Waals surface area contributed by atoms with Crippen LogP contribution >= 0.6 is 0 Å². The van der Waals surface area contributed by atoms with E-state index in [1.165, 1.54) is 12.3 Å². The maximum atomic E-state index is 11.9. The number of fused-ring (bicyclic) bond motifs is 1. The molecule has 1 saturated heterocycles. The second kappa shape index (κ2) is 7.24. The van der Waals surface area contributed by atoms with Crippen LogP contribution in [0.25, 0.3) is 0 Å². The molecular weight excluding hydrogens is 336 g/mol. The molecule has 138 valence electrons. The van der Waals surface area contributed by atoms with Gasteiger partial charge in [0.15, 0.2) is 6.29 Å². The van der Waals surface area contributed by atoms with E-state index >= 15 is 0 Å². The number of hydrogen-bond acceptors (Lipinski definition) is 9. The van der Waals surface area contributed by atoms with Gasteiger partial charge in [-0.1, -0.05) is 6.58 Å². The summed E-state index contributed by atoms with van der Waals surface area (Å²) in [6, 6.07) is 0. The number of ether oxygens (including phenoxy) is 4. The van der Waals surface area contributed by atoms with E-state index in [4.69, 9.17) is 18.9 Å². The summed E-state index contributed by atoms with van der Waals surface area (Å²) in [6.45, 7) is 3.02. The summed E-state index contributed by atoms with van der Waals surface area (Å²) in [5.41, 5.74) is 0.911. The Kier molecular flexibility index (Phi) is 5.23. The maximum Gasteiger partial charge on any atom is 0.342 e. The van der Waals surface area contributed by atoms with Crippen molar-refractivity contribution in [3.8, 4) is 0 Å². The van der Waals surface area contributed by atoms with Crippen LogP contribution in [0.4, 0.5) is 0 Å². The Bertz CT molecular complexity index is 596. The van der Waals surface area contributed by atoms with Crippen LogP contribution in [0.3, 0.4) is 0 Å². The van der Waals surface area contributed by atoms with Gasteiger partial charge in [-0.05, 0) is 17.7 Å². The minimum atomic E-state index is -1.54. The normalized spacial score (nSPS) is 41.0. The highest BCUT2D eigenvalue weighted by Crippen LogP contribution is 2.32. The second-order valence-corrected chi connectivity index (χ2v) is 5.93. The quantitative estimate of drug-likeness (QED) is 0.349. The first-order chi connectivity index (χ1) is 11.9. The SMILES string of the molecule is C=CC1C=C2CC(O[C@@H]3O[C@H](CO)[C@@H](O)[C@H](O)[C@H]3O)OC=C2C(=O)O1. The lowest BCUT2D eigenvalue weighted by Crippen LogP contribution is -2.59. The van der Waals surface area contributed by atoms with Gasteiger partial charge in [0.2, 0.25) is 6.29 Å². The minimum absolute atomic E-state index is 0.181. The molecule has 0 radical (unpaired) electrons. The van der Waals surface area contributed by atoms with E-state index in [0.29, 0.717) is 5.57 Å². The van der Waals surface area contributed by atoms with E-state index < -0.39 is 55.7 Å². The van der Waals surface area contributed by atoms with Crippen LogP contribution in [0.15, 0.2) is 36.1 Å². The van der Waals surface area contributed by atoms with Gasteiger partial charge < -0.3 is 39.4 Å². The van der Waals surface area contributed by atoms with Crippen LogP contribution in [0.5, 0.6) is 0 Å². The molecule has 0 aromatic heterocycles. The standard InChI is InChI=1S/C16H20O9/c1-2-8-3-7-4-11(22-6-9(7)15(21)23-8)25-16-14(20)13(19)12(18)10(5-17)24-16/h2-3,6,8,10-14,16-20H,1,4-5H2/t8?,10-,11?,12-,13+,14-,16+/m1/s1. The Morgan fingerprint density at radius 3 is 2.72 bits per heavy atom. The lowest BCUT2D eigenvalue weighted by Gasteiger charge is -2.41. The predicted octanol–water partition coefficient (Wildman–Crippen LogP) is -1.53. The van der Waals surface area contributed by atoms with E-state index in [1.54, 1.807) is 6.08 Å². The smallest absolute Gasteiger partial charge is 0.342 e. The highest BCUT2D eigenvalue weighted by atomic mass is 16.8. The fourth-order valence-electron chi connectivity index (χ4n) is 2.84. The molecule has 0 spiro atoms. The summed E-state index contributed by atoms with van der Waals surface area (Å²) in [4.78, 5) is 11.9. The molecular formula is C16H20O9. The molecule has 4 N–H and O–H groups in total. The van der Waals surface area contributed by atoms with E-state index in [-0.39, 0.29) is 12.0 Å². The molecule has 0 bridgehead atoms. The zero-order valence-electron chi connectivity index (χ0n) is 13.2. The van der Waals surface area contributed by atoms with Crippen molar-refractivity contribution in [1.29, 1.82) is 0 Å². The first kappa shape index (κ1) is 18.1. The number of rotatable bonds is 4. The average molecular weight is 356 g/mol. The van der Waals surface area contributed by atoms with E-state index in [2.05, 4.69) is 6.58 Å². The third-order valence-electron chi connectivity index (χ3n) is 4.27. The molecule has 1 fully saturated rings. The average Bonchev–Trinajstić information content (AvgIpc) is 2.61. The van der Waals surface area contributed by atoms with Crippen molar-refractivity contribution in [3.05, 3.63) is 36.1 Å². The summed E-state index contributed by atoms with van der Waals surface area (Å²) < 4.78 is 21.2. The highest BCUT2D eigenvalue weighted by molar-refractivity contribution is 5.94. The first-order valence-electron chi connectivity index (χ1n) is 7.80. The van der Waals surface area contributed by atoms with Gasteiger partial charge >= 0.3 is 5.97 Å². The van der Waals surface area contributed by atoms with Crippen LogP contribution in [0.2, 0.25) is 0 Å². The Balaban J connectivity index is 1.70. The minimum Gasteiger partial charge on any atom is -0.471 e. The van der Waals surface area contributed by atoms with Gasteiger partial charge in [0.1, 0.15) is 36.8 Å². The van der Waals surface area contributed by atoms with E-state index in [9.17, 15) is 25.2 Å². The third kappa shape index (κ3) is 3.47. The number of hydrogen-bond donors (Lipinski definition) is 4. The molecule has 0 aromatic carbocycles. The van der Waals surface area contributed by atoms with Crippen LogP contribution < -0.4 is 0 Å². The van der Waals surface area contributed by atoms with Crippen molar-refractivity contribution in [1.82, 2.24) is 0 Å². The molecule has 9 nitrogen and oxygen atoms in total. The Hall–Kier alpha value is -1.75. The fourth-order valence-corrected chi connectivity index (χ4v) is 2.84. The van der Waals surface area contributed by atoms with Crippen molar-refractivity contribution < 1.29 is 44.2 Å². The molecule has 0 aliphatic carbocycles. The summed E-state index contributed by atoms with van der Waals surface area (Å²) in [5, 5.41) is 38.7. The largest absolute Gasteiger partial charge is 0.471 e. The topological polar surface area (TPSA) is 135 Å². The molecule has 0 saturated carbocycles. The van der Waals surface area contributed by atoms with E-state index in [0.717, 1.165) is 0 Å². The molecule has 7 atom stereocenters. The van der Waals surface area contributed by atoms with Gasteiger partial charge in [-0.2, -0.15) is 0 Å². The molecule has 3 aliphatic rings. The summed E-state index contributed by atoms with van der Waals surface area (Å²) >= 11 is 0. The summed E-state index contributed by atoms with van der Waals surface area (Å²) in [5.74, 6) is -0.534. The van der Waals surface area contributed by atoms with Gasteiger partial charge in [-0.15, -0.1) is 0 Å². The number of cyclic esters (lactones) is 1. The molecule has 25 heavy (non-hydrogen) atoms. The van der Waals surface area contributed by atoms with Crippen LogP contribution in [-0.2, 0) is 23.7 Å². The van der Waals surface area contributed by atoms with Crippen molar-refractivity contribution in [3.63, 3.8) is 0 Å². The van der Waals surface area contributed by atoms with Crippen LogP contribution in [0.1, 0.15) is 6.42 Å². The number of aliphatic hydroxyl groups excluding tert-OH is 4. The second-order valence-electron chi connectivity index (χ2n) is 5.93. The lowest BCUT2D eigenvalue weighted by molar-refractivity contribution is -0.332. The van der Waals surface area contributed by atoms with Crippen molar-refractivity contribution in [2.45, 2.75) is 49.5 Å². The maximum absolute atomic E-state index is 11.9. The van der Waals surface area contributed by atoms with Gasteiger partial charge in [-0.3, -0.25) is 0 Å². The lowest BCUT2D eigenvalue weighted by atomic mass is 9.97. The third-order valence-corrected chi connectivity index (χ3v) is 4.27. The van der Waals surface area contributed by atoms with Gasteiger partial charge in [-0.25, -0.2) is 4.79 Å². The monoisotopic (exact) mass is 356 g/mol. The molecule has 0 amide bonds. The van der Waals surface area contributed by atoms with Crippen LogP contribution in [0, 0.1) is 0 Å². The Morgan fingerprint density at radius 1 is 1.28 bits per heavy atom. The zero-order chi connectivity index (χ0) is 18.1. The van der Waals surface area contributed by atoms with Crippen molar-refractivity contribution in [2.24, 2.45) is 0 Å². The van der Waals surface area contributed by atoms with Gasteiger partial charge in [0.05, 0.1) is 12.2 Å². The zero-order valence-corrected chi connectivity index (χ0v) is 13.2. The molecule has 3 rings (SSSR count). The summed E-state index contributed by atoms with van der Waals surface area (Å²) in [6.07, 6.45) is -3.82. The van der Waals surface area contributed by atoms with Gasteiger partial charge in [0, 0.05) is 6.42 Å². The Morgan fingerprint density at radius 2 is 2.04 bits per heavy atom. The highest BCUT2D eigenvalue weighted by Gasteiger charge is 2.45. The van der Waals surface area contributed by atoms with Crippen LogP contribution in [-0.4, -0.2) is 76.1 Å². The number of carbonyl (C=O) groups is 1. The summed E-state index contributed by atoms with van der Waals surface area (Å²) in [7, 11) is 0. The number of esters is 1. The Labute approximate surface area is 143 Å². The predicted molar refractivity (Wildman–Crippen MR) is 80.6 cm³/mol. The van der Waals surface area contributed by atoms with E-state index in [1.807, 2.05) is 0 Å². The number of carbonyl (C=O) groups excluding carboxylic acids is 1. The fraction of sp³-hybridized carbons (Fsp3) is 0.562. The molecule has 2 unspecified atom stereocenters. The molecule has 0 aromatic rings. The molecule has 9 heteroatoms. The van der Waals surface area contributed by atoms with Gasteiger partial charge in [0.25, 0.3) is 0 Å². The first-order valence-corrected chi connectivity index (χ1v) is 7.80. The molecule has 3 heterocycles. The molecule has 3 aliphatic heterocycles. The number of aliphatic hydroxyl groups is 4.